The van der Waals surface area contributed by atoms with Gasteiger partial charge in [0, 0.05) is 17.2 Å². The van der Waals surface area contributed by atoms with Gasteiger partial charge >= 0.3 is 154 Å². The summed E-state index contributed by atoms with van der Waals surface area (Å²) in [4.78, 5) is 15.1. The van der Waals surface area contributed by atoms with Crippen LogP contribution in [0.4, 0.5) is 8.78 Å². The van der Waals surface area contributed by atoms with Gasteiger partial charge in [-0.05, 0) is 44.8 Å². The summed E-state index contributed by atoms with van der Waals surface area (Å²) in [5.74, 6) is -1.92. The molecule has 0 unspecified atom stereocenters. The van der Waals surface area contributed by atoms with E-state index in [2.05, 4.69) is 0 Å². The Morgan fingerprint density at radius 3 is 2.63 bits per heavy atom. The number of alkyl halides is 2. The zero-order valence-electron chi connectivity index (χ0n) is 21.0. The summed E-state index contributed by atoms with van der Waals surface area (Å²) in [7, 11) is -0.609. The standard InChI is InChI=1S/C25H29ClF2IN2O5S2/c1-25(12-21-22(29-21)13-35-25)24(32)30-38(33,34)18-10-19(26)23(20(28)11-18)36-16(8-9-31(2)3)14-37-17-6-4-15(27)5-7-17/h4-7,10-11,16,21-22H,8-9,12-14H2,1-3H3,(H,30,32)/q-1/t16-,21+,22-,25-/m1/s1. The molecule has 2 aliphatic heterocycles. The topological polar surface area (TPSA) is 84.9 Å². The van der Waals surface area contributed by atoms with Crippen LogP contribution in [0.25, 0.3) is 0 Å². The minimum absolute atomic E-state index is 0.00688. The van der Waals surface area contributed by atoms with E-state index in [4.69, 9.17) is 21.1 Å². The molecule has 2 aliphatic rings. The second-order valence-electron chi connectivity index (χ2n) is 9.65. The van der Waals surface area contributed by atoms with Crippen LogP contribution < -0.4 is 30.7 Å². The predicted octanol–water partition coefficient (Wildman–Crippen LogP) is 0.933. The van der Waals surface area contributed by atoms with Gasteiger partial charge in [-0.25, -0.2) is 4.39 Å². The SMILES string of the molecule is CN(C)CC[C@H](CSc1ccc(F)cc1)Oc1c(F)cc(S(=O)(=O)NC(=O)[C@@]2(C)C[C@@H]3[I-][C@@H]3CO2)cc1Cl. The van der Waals surface area contributed by atoms with Gasteiger partial charge in [0.05, 0.1) is 0 Å². The molecule has 2 aromatic carbocycles. The molecule has 0 saturated carbocycles. The van der Waals surface area contributed by atoms with Crippen LogP contribution in [-0.4, -0.2) is 71.8 Å². The predicted molar refractivity (Wildman–Crippen MR) is 138 cm³/mol. The van der Waals surface area contributed by atoms with Crippen molar-refractivity contribution in [1.29, 1.82) is 0 Å². The number of nitrogens with one attached hydrogen (secondary N) is 1. The van der Waals surface area contributed by atoms with Gasteiger partial charge in [-0.15, -0.1) is 11.8 Å². The van der Waals surface area contributed by atoms with Crippen molar-refractivity contribution in [3.8, 4) is 5.75 Å². The fourth-order valence-corrected chi connectivity index (χ4v) is 9.15. The summed E-state index contributed by atoms with van der Waals surface area (Å²) in [6.45, 7) is 2.69. The summed E-state index contributed by atoms with van der Waals surface area (Å²) < 4.78 is 68.9. The average Bonchev–Trinajstić information content (AvgIpc) is 3.61. The zero-order valence-corrected chi connectivity index (χ0v) is 25.6. The summed E-state index contributed by atoms with van der Waals surface area (Å²) in [5.41, 5.74) is -1.24. The second kappa shape index (κ2) is 12.1. The molecule has 1 amide bonds. The van der Waals surface area contributed by atoms with Crippen LogP contribution in [0, 0.1) is 11.6 Å². The Kier molecular flexibility index (Phi) is 9.51. The van der Waals surface area contributed by atoms with Crippen molar-refractivity contribution in [3.05, 3.63) is 53.1 Å². The number of nitrogens with zero attached hydrogens (tertiary/aromatic N) is 1. The monoisotopic (exact) mass is 701 g/mol. The first-order valence-electron chi connectivity index (χ1n) is 11.9. The molecule has 1 N–H and O–H groups in total. The Labute approximate surface area is 241 Å². The van der Waals surface area contributed by atoms with Gasteiger partial charge < -0.3 is 4.90 Å². The Morgan fingerprint density at radius 2 is 2.00 bits per heavy atom. The van der Waals surface area contributed by atoms with Crippen molar-refractivity contribution in [3.63, 3.8) is 0 Å². The number of ether oxygens (including phenoxy) is 2. The third-order valence-electron chi connectivity index (χ3n) is 6.22. The number of benzene rings is 2. The summed E-state index contributed by atoms with van der Waals surface area (Å²) in [5, 5.41) is -0.231. The quantitative estimate of drug-likeness (QED) is 0.212. The van der Waals surface area contributed by atoms with Gasteiger partial charge in [-0.2, -0.15) is 0 Å². The molecule has 2 saturated heterocycles. The second-order valence-corrected chi connectivity index (χ2v) is 16.8. The van der Waals surface area contributed by atoms with E-state index in [1.165, 1.54) is 23.9 Å². The Hall–Kier alpha value is -1.19. The third kappa shape index (κ3) is 7.51. The zero-order chi connectivity index (χ0) is 27.7. The number of rotatable bonds is 11. The molecule has 210 valence electrons. The molecule has 2 fully saturated rings. The molecule has 0 aromatic heterocycles. The van der Waals surface area contributed by atoms with Crippen molar-refractivity contribution in [2.45, 2.75) is 49.1 Å². The Morgan fingerprint density at radius 1 is 1.29 bits per heavy atom. The molecule has 4 rings (SSSR count). The maximum absolute atomic E-state index is 15.2. The number of carbonyl (C=O) groups excluding carboxylic acids is 1. The van der Waals surface area contributed by atoms with Crippen molar-refractivity contribution in [1.82, 2.24) is 9.62 Å². The average molecular weight is 702 g/mol. The van der Waals surface area contributed by atoms with Crippen LogP contribution in [0.5, 0.6) is 5.75 Å². The van der Waals surface area contributed by atoms with E-state index in [0.717, 1.165) is 17.0 Å². The van der Waals surface area contributed by atoms with Gasteiger partial charge in [0.15, 0.2) is 0 Å². The molecule has 4 atom stereocenters. The molecule has 0 radical (unpaired) electrons. The Balaban J connectivity index is 1.47. The minimum atomic E-state index is -4.40. The van der Waals surface area contributed by atoms with Gasteiger partial charge in [0.25, 0.3) is 0 Å². The molecular weight excluding hydrogens is 673 g/mol. The number of amides is 1. The first-order chi connectivity index (χ1) is 17.9. The van der Waals surface area contributed by atoms with E-state index in [-0.39, 0.29) is 37.8 Å². The van der Waals surface area contributed by atoms with E-state index in [9.17, 15) is 17.6 Å². The molecule has 13 heteroatoms. The van der Waals surface area contributed by atoms with E-state index < -0.39 is 38.3 Å². The number of halogens is 4. The van der Waals surface area contributed by atoms with Crippen LogP contribution in [0.15, 0.2) is 46.2 Å². The van der Waals surface area contributed by atoms with Crippen LogP contribution in [0.1, 0.15) is 19.8 Å². The molecule has 2 heterocycles. The summed E-state index contributed by atoms with van der Waals surface area (Å²) in [6, 6.07) is 7.87. The molecule has 0 bridgehead atoms. The first kappa shape index (κ1) is 29.8. The van der Waals surface area contributed by atoms with Gasteiger partial charge in [-0.1, -0.05) is 0 Å². The van der Waals surface area contributed by atoms with Crippen LogP contribution in [-0.2, 0) is 19.6 Å². The van der Waals surface area contributed by atoms with Gasteiger partial charge in [0.1, 0.15) is 5.82 Å². The fourth-order valence-electron chi connectivity index (χ4n) is 3.89. The number of fused-ring (bicyclic) bond motifs is 1. The molecule has 7 nitrogen and oxygen atoms in total. The Bertz CT molecular complexity index is 1260. The van der Waals surface area contributed by atoms with Crippen molar-refractivity contribution < 1.29 is 52.7 Å². The first-order valence-corrected chi connectivity index (χ1v) is 17.2. The van der Waals surface area contributed by atoms with Crippen LogP contribution in [0.3, 0.4) is 0 Å². The molecule has 2 aromatic rings. The number of hydrogen-bond donors (Lipinski definition) is 1. The number of carbonyl (C=O) groups is 1. The fraction of sp³-hybridized carbons (Fsp3) is 0.480. The van der Waals surface area contributed by atoms with E-state index in [0.29, 0.717) is 39.6 Å². The molecule has 0 spiro atoms. The number of thioether (sulfide) groups is 1. The number of hydrogen-bond acceptors (Lipinski definition) is 7. The summed E-state index contributed by atoms with van der Waals surface area (Å²) in [6.07, 6.45) is 0.549. The van der Waals surface area contributed by atoms with Crippen LogP contribution in [0.2, 0.25) is 5.02 Å². The van der Waals surface area contributed by atoms with Gasteiger partial charge in [-0.3, -0.25) is 0 Å². The van der Waals surface area contributed by atoms with Crippen molar-refractivity contribution in [2.75, 3.05) is 33.0 Å². The number of sulfonamides is 1. The van der Waals surface area contributed by atoms with Gasteiger partial charge in [0.2, 0.25) is 0 Å². The van der Waals surface area contributed by atoms with E-state index in [1.807, 2.05) is 23.7 Å². The molecular formula is C25H29ClF2IN2O5S2-. The normalized spacial score (nSPS) is 23.8. The van der Waals surface area contributed by atoms with Crippen molar-refractivity contribution in [2.24, 2.45) is 0 Å². The van der Waals surface area contributed by atoms with E-state index in [1.54, 1.807) is 19.1 Å². The van der Waals surface area contributed by atoms with E-state index >= 15 is 4.39 Å². The molecule has 38 heavy (non-hydrogen) atoms. The third-order valence-corrected chi connectivity index (χ3v) is 12.5. The summed E-state index contributed by atoms with van der Waals surface area (Å²) >= 11 is 7.73. The van der Waals surface area contributed by atoms with Crippen LogP contribution >= 0.6 is 23.4 Å². The molecule has 0 aliphatic carbocycles. The van der Waals surface area contributed by atoms with Crippen molar-refractivity contribution >= 4 is 39.3 Å². The maximum atomic E-state index is 15.2.